The highest BCUT2D eigenvalue weighted by Gasteiger charge is 2.32. The number of hydrogen-bond acceptors (Lipinski definition) is 6. The molecule has 1 aliphatic heterocycles. The molecule has 6 nitrogen and oxygen atoms in total. The number of likely N-dealkylation sites (tertiary alicyclic amines) is 1. The van der Waals surface area contributed by atoms with Crippen LogP contribution in [0.25, 0.3) is 11.3 Å². The highest BCUT2D eigenvalue weighted by atomic mass is 19.4. The third-order valence-corrected chi connectivity index (χ3v) is 4.70. The Morgan fingerprint density at radius 1 is 1.22 bits per heavy atom. The number of benzene rings is 1. The molecule has 0 radical (unpaired) electrons. The maximum absolute atomic E-state index is 12.9. The van der Waals surface area contributed by atoms with Crippen molar-refractivity contribution in [3.05, 3.63) is 29.0 Å². The molecule has 1 unspecified atom stereocenters. The van der Waals surface area contributed by atoms with Gasteiger partial charge in [-0.25, -0.2) is 4.98 Å². The summed E-state index contributed by atoms with van der Waals surface area (Å²) in [7, 11) is 2.05. The van der Waals surface area contributed by atoms with Gasteiger partial charge in [-0.05, 0) is 58.0 Å². The van der Waals surface area contributed by atoms with Gasteiger partial charge in [0.05, 0.1) is 11.3 Å². The zero-order chi connectivity index (χ0) is 19.8. The van der Waals surface area contributed by atoms with Crippen molar-refractivity contribution in [3.63, 3.8) is 0 Å². The Bertz CT molecular complexity index is 817. The van der Waals surface area contributed by atoms with E-state index in [0.717, 1.165) is 32.0 Å². The molecule has 9 heteroatoms. The predicted molar refractivity (Wildman–Crippen MR) is 95.5 cm³/mol. The molecular formula is C18H22F3N5O. The Kier molecular flexibility index (Phi) is 5.23. The molecule has 0 spiro atoms. The molecule has 3 rings (SSSR count). The second-order valence-electron chi connectivity index (χ2n) is 7.00. The lowest BCUT2D eigenvalue weighted by atomic mass is 9.99. The number of alkyl halides is 3. The fraction of sp³-hybridized carbons (Fsp3) is 0.500. The van der Waals surface area contributed by atoms with E-state index in [1.807, 2.05) is 0 Å². The molecule has 1 aromatic heterocycles. The molecule has 1 atom stereocenters. The van der Waals surface area contributed by atoms with Crippen molar-refractivity contribution in [1.29, 1.82) is 0 Å². The van der Waals surface area contributed by atoms with Gasteiger partial charge in [0.2, 0.25) is 5.95 Å². The summed E-state index contributed by atoms with van der Waals surface area (Å²) in [5.74, 6) is -0.114. The summed E-state index contributed by atoms with van der Waals surface area (Å²) in [6.45, 7) is 5.12. The number of piperidine rings is 1. The molecule has 0 aliphatic carbocycles. The fourth-order valence-corrected chi connectivity index (χ4v) is 3.40. The van der Waals surface area contributed by atoms with E-state index in [0.29, 0.717) is 17.7 Å². The van der Waals surface area contributed by atoms with Crippen LogP contribution in [0, 0.1) is 13.8 Å². The van der Waals surface area contributed by atoms with Crippen LogP contribution in [0.2, 0.25) is 0 Å². The SMILES string of the molecule is Cc1cc(C(F)(F)F)cc(O)c1-c1nnc(NC2CCCN(C)C2)nc1C. The summed E-state index contributed by atoms with van der Waals surface area (Å²) in [5.41, 5.74) is 0.319. The lowest BCUT2D eigenvalue weighted by Gasteiger charge is -2.30. The molecule has 0 saturated carbocycles. The average molecular weight is 381 g/mol. The van der Waals surface area contributed by atoms with Gasteiger partial charge in [0.15, 0.2) is 0 Å². The van der Waals surface area contributed by atoms with Crippen molar-refractivity contribution < 1.29 is 18.3 Å². The zero-order valence-electron chi connectivity index (χ0n) is 15.4. The van der Waals surface area contributed by atoms with E-state index in [4.69, 9.17) is 0 Å². The first kappa shape index (κ1) is 19.3. The largest absolute Gasteiger partial charge is 0.507 e. The maximum Gasteiger partial charge on any atom is 0.416 e. The summed E-state index contributed by atoms with van der Waals surface area (Å²) >= 11 is 0. The number of aryl methyl sites for hydroxylation is 2. The average Bonchev–Trinajstić information content (AvgIpc) is 2.55. The standard InChI is InChI=1S/C18H22F3N5O/c1-10-7-12(18(19,20)21)8-14(27)15(10)16-11(2)22-17(25-24-16)23-13-5-4-6-26(3)9-13/h7-8,13,27H,4-6,9H2,1-3H3,(H,22,23,25). The van der Waals surface area contributed by atoms with Crippen molar-refractivity contribution in [1.82, 2.24) is 20.1 Å². The molecule has 1 aliphatic rings. The molecule has 0 bridgehead atoms. The van der Waals surface area contributed by atoms with Crippen molar-refractivity contribution in [2.24, 2.45) is 0 Å². The minimum Gasteiger partial charge on any atom is -0.507 e. The van der Waals surface area contributed by atoms with E-state index >= 15 is 0 Å². The van der Waals surface area contributed by atoms with Crippen LogP contribution in [0.15, 0.2) is 12.1 Å². The van der Waals surface area contributed by atoms with Crippen molar-refractivity contribution in [2.75, 3.05) is 25.5 Å². The number of rotatable bonds is 3. The molecular weight excluding hydrogens is 359 g/mol. The first-order valence-corrected chi connectivity index (χ1v) is 8.72. The smallest absolute Gasteiger partial charge is 0.416 e. The Balaban J connectivity index is 1.88. The van der Waals surface area contributed by atoms with Gasteiger partial charge in [-0.2, -0.15) is 13.2 Å². The van der Waals surface area contributed by atoms with E-state index in [1.165, 1.54) is 6.92 Å². The number of phenols is 1. The van der Waals surface area contributed by atoms with Crippen LogP contribution in [0.1, 0.15) is 29.7 Å². The second-order valence-corrected chi connectivity index (χ2v) is 7.00. The molecule has 1 aromatic carbocycles. The van der Waals surface area contributed by atoms with Crippen LogP contribution >= 0.6 is 0 Å². The summed E-state index contributed by atoms with van der Waals surface area (Å²) < 4.78 is 38.7. The highest BCUT2D eigenvalue weighted by molar-refractivity contribution is 5.72. The molecule has 0 amide bonds. The highest BCUT2D eigenvalue weighted by Crippen LogP contribution is 2.39. The van der Waals surface area contributed by atoms with E-state index in [1.54, 1.807) is 6.92 Å². The predicted octanol–water partition coefficient (Wildman–Crippen LogP) is 3.39. The van der Waals surface area contributed by atoms with Crippen LogP contribution in [-0.4, -0.2) is 51.4 Å². The van der Waals surface area contributed by atoms with Crippen LogP contribution in [0.5, 0.6) is 5.75 Å². The number of nitrogens with one attached hydrogen (secondary N) is 1. The summed E-state index contributed by atoms with van der Waals surface area (Å²) in [4.78, 5) is 6.61. The van der Waals surface area contributed by atoms with Crippen LogP contribution in [0.3, 0.4) is 0 Å². The summed E-state index contributed by atoms with van der Waals surface area (Å²) in [6.07, 6.45) is -2.44. The van der Waals surface area contributed by atoms with Crippen molar-refractivity contribution in [2.45, 2.75) is 38.9 Å². The van der Waals surface area contributed by atoms with E-state index in [2.05, 4.69) is 32.4 Å². The van der Waals surface area contributed by atoms with E-state index < -0.39 is 17.5 Å². The minimum atomic E-state index is -4.53. The van der Waals surface area contributed by atoms with Gasteiger partial charge in [-0.3, -0.25) is 0 Å². The number of aromatic hydroxyl groups is 1. The molecule has 2 heterocycles. The van der Waals surface area contributed by atoms with Gasteiger partial charge in [0.25, 0.3) is 0 Å². The molecule has 2 aromatic rings. The molecule has 1 saturated heterocycles. The zero-order valence-corrected chi connectivity index (χ0v) is 15.4. The van der Waals surface area contributed by atoms with Crippen LogP contribution < -0.4 is 5.32 Å². The van der Waals surface area contributed by atoms with Gasteiger partial charge < -0.3 is 15.3 Å². The van der Waals surface area contributed by atoms with Gasteiger partial charge >= 0.3 is 6.18 Å². The number of nitrogens with zero attached hydrogens (tertiary/aromatic N) is 4. The minimum absolute atomic E-state index is 0.212. The van der Waals surface area contributed by atoms with Crippen molar-refractivity contribution in [3.8, 4) is 17.0 Å². The topological polar surface area (TPSA) is 74.2 Å². The summed E-state index contributed by atoms with van der Waals surface area (Å²) in [5, 5.41) is 21.6. The number of anilines is 1. The van der Waals surface area contributed by atoms with Gasteiger partial charge in [-0.15, -0.1) is 10.2 Å². The number of hydrogen-bond donors (Lipinski definition) is 2. The Hall–Kier alpha value is -2.42. The van der Waals surface area contributed by atoms with E-state index in [-0.39, 0.29) is 22.9 Å². The van der Waals surface area contributed by atoms with Crippen molar-refractivity contribution >= 4 is 5.95 Å². The number of phenolic OH excluding ortho intramolecular Hbond substituents is 1. The number of aromatic nitrogens is 3. The first-order chi connectivity index (χ1) is 12.6. The molecule has 146 valence electrons. The Labute approximate surface area is 155 Å². The second kappa shape index (κ2) is 7.30. The monoisotopic (exact) mass is 381 g/mol. The number of likely N-dealkylation sites (N-methyl/N-ethyl adjacent to an activating group) is 1. The van der Waals surface area contributed by atoms with Crippen LogP contribution in [-0.2, 0) is 6.18 Å². The third kappa shape index (κ3) is 4.29. The first-order valence-electron chi connectivity index (χ1n) is 8.72. The molecule has 1 fully saturated rings. The molecule has 2 N–H and O–H groups in total. The Morgan fingerprint density at radius 2 is 1.96 bits per heavy atom. The molecule has 27 heavy (non-hydrogen) atoms. The van der Waals surface area contributed by atoms with Gasteiger partial charge in [0, 0.05) is 18.2 Å². The lowest BCUT2D eigenvalue weighted by Crippen LogP contribution is -2.40. The third-order valence-electron chi connectivity index (χ3n) is 4.70. The summed E-state index contributed by atoms with van der Waals surface area (Å²) in [6, 6.07) is 1.91. The lowest BCUT2D eigenvalue weighted by molar-refractivity contribution is -0.137. The van der Waals surface area contributed by atoms with Crippen LogP contribution in [0.4, 0.5) is 19.1 Å². The van der Waals surface area contributed by atoms with E-state index in [9.17, 15) is 18.3 Å². The normalized spacial score (nSPS) is 18.5. The number of halogens is 3. The van der Waals surface area contributed by atoms with Gasteiger partial charge in [0.1, 0.15) is 11.4 Å². The quantitative estimate of drug-likeness (QED) is 0.849. The Morgan fingerprint density at radius 3 is 2.56 bits per heavy atom. The fourth-order valence-electron chi connectivity index (χ4n) is 3.40. The maximum atomic E-state index is 12.9. The van der Waals surface area contributed by atoms with Gasteiger partial charge in [-0.1, -0.05) is 0 Å².